The quantitative estimate of drug-likeness (QED) is 0.607. The molecule has 0 unspecified atom stereocenters. The van der Waals surface area contributed by atoms with Gasteiger partial charge in [-0.25, -0.2) is 4.39 Å². The largest absolute Gasteiger partial charge is 0.350 e. The Balaban J connectivity index is 1.30. The molecule has 0 aliphatic carbocycles. The topological polar surface area (TPSA) is 61.4 Å². The summed E-state index contributed by atoms with van der Waals surface area (Å²) in [6.07, 6.45) is 1.03. The van der Waals surface area contributed by atoms with Gasteiger partial charge in [-0.15, -0.1) is 11.3 Å². The van der Waals surface area contributed by atoms with Crippen LogP contribution in [0.4, 0.5) is 9.39 Å². The molecule has 2 amide bonds. The summed E-state index contributed by atoms with van der Waals surface area (Å²) in [6.45, 7) is 5.07. The summed E-state index contributed by atoms with van der Waals surface area (Å²) in [4.78, 5) is 27.9. The van der Waals surface area contributed by atoms with E-state index in [1.807, 2.05) is 6.92 Å². The predicted molar refractivity (Wildman–Crippen MR) is 121 cm³/mol. The fourth-order valence-electron chi connectivity index (χ4n) is 3.74. The molecule has 2 N–H and O–H groups in total. The maximum absolute atomic E-state index is 13.3. The van der Waals surface area contributed by atoms with Gasteiger partial charge in [0.15, 0.2) is 0 Å². The van der Waals surface area contributed by atoms with Gasteiger partial charge in [0.05, 0.1) is 9.88 Å². The Hall–Kier alpha value is -3.03. The molecule has 0 bridgehead atoms. The highest BCUT2D eigenvalue weighted by molar-refractivity contribution is 7.18. The van der Waals surface area contributed by atoms with E-state index < -0.39 is 11.7 Å². The van der Waals surface area contributed by atoms with Crippen LogP contribution in [0.15, 0.2) is 54.6 Å². The molecule has 7 heteroatoms. The lowest BCUT2D eigenvalue weighted by molar-refractivity contribution is 0.0950. The van der Waals surface area contributed by atoms with E-state index in [-0.39, 0.29) is 11.5 Å². The van der Waals surface area contributed by atoms with E-state index in [1.165, 1.54) is 40.7 Å². The minimum atomic E-state index is -0.465. The molecule has 5 nitrogen and oxygen atoms in total. The minimum Gasteiger partial charge on any atom is -0.350 e. The molecule has 0 saturated carbocycles. The van der Waals surface area contributed by atoms with Gasteiger partial charge in [0.1, 0.15) is 5.82 Å². The standard InChI is InChI=1S/C24H24FN3O2S/c1-16-13-21(27-23(29)18-7-4-8-20(25)14-18)31-22(16)24(30)26-10-12-28-11-9-17-5-2-3-6-19(17)15-28/h2-8,13-14H,9-12,15H2,1H3,(H,26,30)(H,27,29). The van der Waals surface area contributed by atoms with Crippen molar-refractivity contribution >= 4 is 28.2 Å². The number of benzene rings is 2. The van der Waals surface area contributed by atoms with Crippen LogP contribution in [0.2, 0.25) is 0 Å². The van der Waals surface area contributed by atoms with E-state index in [9.17, 15) is 14.0 Å². The summed E-state index contributed by atoms with van der Waals surface area (Å²) >= 11 is 1.22. The van der Waals surface area contributed by atoms with Gasteiger partial charge in [-0.3, -0.25) is 14.5 Å². The molecule has 2 aromatic carbocycles. The SMILES string of the molecule is Cc1cc(NC(=O)c2cccc(F)c2)sc1C(=O)NCCN1CCc2ccccc2C1. The molecule has 1 aliphatic rings. The highest BCUT2D eigenvalue weighted by Gasteiger charge is 2.18. The lowest BCUT2D eigenvalue weighted by Crippen LogP contribution is -2.37. The molecular weight excluding hydrogens is 413 g/mol. The van der Waals surface area contributed by atoms with E-state index in [2.05, 4.69) is 39.8 Å². The number of hydrogen-bond acceptors (Lipinski definition) is 4. The third-order valence-electron chi connectivity index (χ3n) is 5.37. The first-order valence-electron chi connectivity index (χ1n) is 10.2. The molecular formula is C24H24FN3O2S. The monoisotopic (exact) mass is 437 g/mol. The number of hydrogen-bond donors (Lipinski definition) is 2. The van der Waals surface area contributed by atoms with Crippen molar-refractivity contribution in [3.8, 4) is 0 Å². The van der Waals surface area contributed by atoms with E-state index in [0.717, 1.165) is 31.6 Å². The van der Waals surface area contributed by atoms with Gasteiger partial charge >= 0.3 is 0 Å². The summed E-state index contributed by atoms with van der Waals surface area (Å²) in [5.41, 5.74) is 3.79. The van der Waals surface area contributed by atoms with Crippen LogP contribution in [0.1, 0.15) is 36.7 Å². The highest BCUT2D eigenvalue weighted by atomic mass is 32.1. The Labute approximate surface area is 184 Å². The molecule has 0 radical (unpaired) electrons. The van der Waals surface area contributed by atoms with E-state index >= 15 is 0 Å². The highest BCUT2D eigenvalue weighted by Crippen LogP contribution is 2.27. The van der Waals surface area contributed by atoms with Gasteiger partial charge < -0.3 is 10.6 Å². The van der Waals surface area contributed by atoms with Crippen molar-refractivity contribution in [2.75, 3.05) is 25.0 Å². The number of amides is 2. The number of fused-ring (bicyclic) bond motifs is 1. The Kier molecular flexibility index (Phi) is 6.44. The molecule has 160 valence electrons. The minimum absolute atomic E-state index is 0.147. The number of nitrogens with one attached hydrogen (secondary N) is 2. The molecule has 1 aliphatic heterocycles. The van der Waals surface area contributed by atoms with Crippen LogP contribution in [0.25, 0.3) is 0 Å². The van der Waals surface area contributed by atoms with Gasteiger partial charge in [-0.2, -0.15) is 0 Å². The second-order valence-electron chi connectivity index (χ2n) is 7.64. The zero-order valence-corrected chi connectivity index (χ0v) is 18.1. The van der Waals surface area contributed by atoms with Crippen molar-refractivity contribution in [3.05, 3.63) is 87.5 Å². The number of rotatable bonds is 6. The van der Waals surface area contributed by atoms with Gasteiger partial charge in [-0.05, 0) is 54.3 Å². The Morgan fingerprint density at radius 1 is 1.06 bits per heavy atom. The number of carbonyl (C=O) groups excluding carboxylic acids is 2. The third-order valence-corrected chi connectivity index (χ3v) is 6.52. The van der Waals surface area contributed by atoms with Crippen LogP contribution in [-0.4, -0.2) is 36.3 Å². The fraction of sp³-hybridized carbons (Fsp3) is 0.250. The maximum Gasteiger partial charge on any atom is 0.261 e. The fourth-order valence-corrected chi connectivity index (χ4v) is 4.72. The summed E-state index contributed by atoms with van der Waals surface area (Å²) in [7, 11) is 0. The van der Waals surface area contributed by atoms with Gasteiger partial charge in [0, 0.05) is 31.7 Å². The predicted octanol–water partition coefficient (Wildman–Crippen LogP) is 4.24. The second-order valence-corrected chi connectivity index (χ2v) is 8.69. The Morgan fingerprint density at radius 3 is 2.68 bits per heavy atom. The molecule has 2 heterocycles. The van der Waals surface area contributed by atoms with Crippen LogP contribution in [0.5, 0.6) is 0 Å². The summed E-state index contributed by atoms with van der Waals surface area (Å²) in [5.74, 6) is -1.02. The zero-order chi connectivity index (χ0) is 21.8. The Bertz CT molecular complexity index is 1110. The lowest BCUT2D eigenvalue weighted by atomic mass is 10.00. The van der Waals surface area contributed by atoms with Crippen LogP contribution in [0, 0.1) is 12.7 Å². The smallest absolute Gasteiger partial charge is 0.261 e. The summed E-state index contributed by atoms with van der Waals surface area (Å²) in [5, 5.41) is 6.29. The van der Waals surface area contributed by atoms with Crippen molar-refractivity contribution in [2.45, 2.75) is 19.9 Å². The molecule has 0 saturated heterocycles. The first-order chi connectivity index (χ1) is 15.0. The molecule has 1 aromatic heterocycles. The molecule has 0 atom stereocenters. The lowest BCUT2D eigenvalue weighted by Gasteiger charge is -2.28. The first kappa shape index (κ1) is 21.2. The van der Waals surface area contributed by atoms with Crippen molar-refractivity contribution in [2.24, 2.45) is 0 Å². The number of thiophene rings is 1. The van der Waals surface area contributed by atoms with Crippen LogP contribution in [0.3, 0.4) is 0 Å². The van der Waals surface area contributed by atoms with Crippen molar-refractivity contribution in [1.82, 2.24) is 10.2 Å². The number of aryl methyl sites for hydroxylation is 1. The van der Waals surface area contributed by atoms with Crippen molar-refractivity contribution in [3.63, 3.8) is 0 Å². The molecule has 4 rings (SSSR count). The summed E-state index contributed by atoms with van der Waals surface area (Å²) < 4.78 is 13.3. The molecule has 31 heavy (non-hydrogen) atoms. The average molecular weight is 438 g/mol. The Morgan fingerprint density at radius 2 is 1.87 bits per heavy atom. The molecule has 0 fully saturated rings. The second kappa shape index (κ2) is 9.41. The van der Waals surface area contributed by atoms with Gasteiger partial charge in [0.2, 0.25) is 0 Å². The normalized spacial score (nSPS) is 13.5. The molecule has 0 spiro atoms. The molecule has 3 aromatic rings. The number of nitrogens with zero attached hydrogens (tertiary/aromatic N) is 1. The third kappa shape index (κ3) is 5.18. The maximum atomic E-state index is 13.3. The van der Waals surface area contributed by atoms with Crippen LogP contribution >= 0.6 is 11.3 Å². The van der Waals surface area contributed by atoms with E-state index in [4.69, 9.17) is 0 Å². The number of anilines is 1. The van der Waals surface area contributed by atoms with Gasteiger partial charge in [-0.1, -0.05) is 30.3 Å². The van der Waals surface area contributed by atoms with Gasteiger partial charge in [0.25, 0.3) is 11.8 Å². The van der Waals surface area contributed by atoms with Crippen LogP contribution < -0.4 is 10.6 Å². The first-order valence-corrected chi connectivity index (χ1v) is 11.1. The average Bonchev–Trinajstić information content (AvgIpc) is 3.13. The summed E-state index contributed by atoms with van der Waals surface area (Å²) in [6, 6.07) is 15.8. The van der Waals surface area contributed by atoms with E-state index in [0.29, 0.717) is 16.4 Å². The number of carbonyl (C=O) groups is 2. The van der Waals surface area contributed by atoms with Crippen LogP contribution in [-0.2, 0) is 13.0 Å². The number of halogens is 1. The van der Waals surface area contributed by atoms with Crippen molar-refractivity contribution in [1.29, 1.82) is 0 Å². The van der Waals surface area contributed by atoms with E-state index in [1.54, 1.807) is 12.1 Å². The van der Waals surface area contributed by atoms with Crippen molar-refractivity contribution < 1.29 is 14.0 Å². The zero-order valence-electron chi connectivity index (χ0n) is 17.3.